The Labute approximate surface area is 266 Å². The van der Waals surface area contributed by atoms with Crippen LogP contribution in [0.1, 0.15) is 56.5 Å². The lowest BCUT2D eigenvalue weighted by molar-refractivity contribution is -0.376. The number of hydrogen-bond donors (Lipinski definition) is 2. The summed E-state index contributed by atoms with van der Waals surface area (Å²) in [5.74, 6) is -0.564. The van der Waals surface area contributed by atoms with Gasteiger partial charge in [0, 0.05) is 48.4 Å². The molecule has 0 aliphatic carbocycles. The fourth-order valence-electron chi connectivity index (χ4n) is 6.45. The van der Waals surface area contributed by atoms with Gasteiger partial charge in [-0.3, -0.25) is 19.5 Å². The number of anilines is 1. The molecule has 3 atom stereocenters. The Morgan fingerprint density at radius 3 is 2.40 bits per heavy atom. The predicted octanol–water partition coefficient (Wildman–Crippen LogP) is 4.17. The maximum absolute atomic E-state index is 13.6. The number of alkyl halides is 6. The quantitative estimate of drug-likeness (QED) is 0.336. The number of halogens is 6. The Balaban J connectivity index is 1.33. The minimum Gasteiger partial charge on any atom is -0.491 e. The van der Waals surface area contributed by atoms with Gasteiger partial charge in [0.2, 0.25) is 5.91 Å². The summed E-state index contributed by atoms with van der Waals surface area (Å²) in [4.78, 5) is 48.4. The monoisotopic (exact) mass is 671 g/mol. The Morgan fingerprint density at radius 2 is 1.77 bits per heavy atom. The van der Waals surface area contributed by atoms with Crippen LogP contribution in [-0.4, -0.2) is 88.4 Å². The van der Waals surface area contributed by atoms with Crippen molar-refractivity contribution < 1.29 is 50.6 Å². The van der Waals surface area contributed by atoms with Crippen LogP contribution in [0.25, 0.3) is 0 Å². The van der Waals surface area contributed by atoms with E-state index >= 15 is 0 Å². The highest BCUT2D eigenvalue weighted by Crippen LogP contribution is 2.50. The fraction of sp³-hybridized carbons (Fsp3) is 0.548. The van der Waals surface area contributed by atoms with Crippen LogP contribution in [0.15, 0.2) is 30.5 Å². The second-order valence-corrected chi connectivity index (χ2v) is 12.4. The molecule has 0 spiro atoms. The predicted molar refractivity (Wildman–Crippen MR) is 155 cm³/mol. The first-order valence-electron chi connectivity index (χ1n) is 15.1. The SMILES string of the molecule is CCCc1cc(C(O)(C(F)(F)F)C(F)(F)F)ccc1N1C[C@H](C)N(C(=O)CN2C(=O)NC(C)(c3cc4c(cn3)OCC4)C2=O)C[C@H]1C. The van der Waals surface area contributed by atoms with Gasteiger partial charge in [0.1, 0.15) is 12.3 Å². The maximum atomic E-state index is 13.6. The molecule has 2 aromatic rings. The second-order valence-electron chi connectivity index (χ2n) is 12.4. The molecular formula is C31H35F6N5O5. The third kappa shape index (κ3) is 5.74. The lowest BCUT2D eigenvalue weighted by Gasteiger charge is -2.46. The van der Waals surface area contributed by atoms with Gasteiger partial charge in [-0.15, -0.1) is 0 Å². The number of carbonyl (C=O) groups is 3. The average Bonchev–Trinajstić information content (AvgIpc) is 3.55. The summed E-state index contributed by atoms with van der Waals surface area (Å²) in [7, 11) is 0. The summed E-state index contributed by atoms with van der Waals surface area (Å²) >= 11 is 0. The highest BCUT2D eigenvalue weighted by molar-refractivity contribution is 6.09. The topological polar surface area (TPSA) is 115 Å². The molecule has 4 heterocycles. The van der Waals surface area contributed by atoms with Gasteiger partial charge in [0.15, 0.2) is 5.54 Å². The Morgan fingerprint density at radius 1 is 1.09 bits per heavy atom. The Kier molecular flexibility index (Phi) is 8.65. The number of imide groups is 1. The van der Waals surface area contributed by atoms with Gasteiger partial charge in [0.05, 0.1) is 18.5 Å². The molecule has 0 saturated carbocycles. The van der Waals surface area contributed by atoms with Gasteiger partial charge in [-0.2, -0.15) is 26.3 Å². The molecule has 2 N–H and O–H groups in total. The van der Waals surface area contributed by atoms with Crippen LogP contribution in [-0.2, 0) is 33.6 Å². The summed E-state index contributed by atoms with van der Waals surface area (Å²) in [6.07, 6.45) is -9.38. The highest BCUT2D eigenvalue weighted by Gasteiger charge is 2.71. The van der Waals surface area contributed by atoms with E-state index in [2.05, 4.69) is 10.3 Å². The van der Waals surface area contributed by atoms with E-state index in [-0.39, 0.29) is 25.1 Å². The van der Waals surface area contributed by atoms with Crippen LogP contribution in [0.5, 0.6) is 5.75 Å². The van der Waals surface area contributed by atoms with Crippen LogP contribution < -0.4 is 15.0 Å². The Hall–Kier alpha value is -4.08. The van der Waals surface area contributed by atoms with Gasteiger partial charge in [-0.1, -0.05) is 25.5 Å². The standard InChI is InChI=1S/C31H35F6N5O5/c1-5-6-19-11-21(29(46,30(32,33)34)31(35,36)37)7-8-22(19)40-14-18(3)41(15-17(40)2)25(43)16-42-26(44)28(4,39-27(42)45)24-12-20-9-10-47-23(20)13-38-24/h7-8,11-13,17-18,46H,5-6,9-10,14-16H2,1-4H3,(H,39,45)/t17-,18+,28?/m1/s1. The van der Waals surface area contributed by atoms with Crippen LogP contribution in [0.4, 0.5) is 36.8 Å². The number of fused-ring (bicyclic) bond motifs is 1. The summed E-state index contributed by atoms with van der Waals surface area (Å²) in [5.41, 5.74) is -6.16. The first-order chi connectivity index (χ1) is 21.8. The van der Waals surface area contributed by atoms with E-state index in [0.29, 0.717) is 42.6 Å². The lowest BCUT2D eigenvalue weighted by atomic mass is 9.89. The lowest BCUT2D eigenvalue weighted by Crippen LogP contribution is -2.60. The van der Waals surface area contributed by atoms with Crippen LogP contribution in [0.2, 0.25) is 0 Å². The second kappa shape index (κ2) is 11.9. The molecule has 1 aromatic carbocycles. The molecular weight excluding hydrogens is 636 g/mol. The zero-order valence-electron chi connectivity index (χ0n) is 26.1. The Bertz CT molecular complexity index is 1570. The van der Waals surface area contributed by atoms with E-state index < -0.39 is 65.5 Å². The number of aromatic nitrogens is 1. The third-order valence-electron chi connectivity index (χ3n) is 9.11. The minimum absolute atomic E-state index is 0.0929. The average molecular weight is 672 g/mol. The summed E-state index contributed by atoms with van der Waals surface area (Å²) < 4.78 is 87.0. The van der Waals surface area contributed by atoms with Gasteiger partial charge < -0.3 is 25.0 Å². The number of aryl methyl sites for hydroxylation is 1. The number of benzene rings is 1. The highest BCUT2D eigenvalue weighted by atomic mass is 19.4. The first-order valence-corrected chi connectivity index (χ1v) is 15.1. The van der Waals surface area contributed by atoms with Gasteiger partial charge in [0.25, 0.3) is 11.5 Å². The molecule has 5 rings (SSSR count). The molecule has 0 bridgehead atoms. The molecule has 2 saturated heterocycles. The zero-order valence-corrected chi connectivity index (χ0v) is 26.1. The number of nitrogens with one attached hydrogen (secondary N) is 1. The van der Waals surface area contributed by atoms with Gasteiger partial charge >= 0.3 is 18.4 Å². The number of amides is 4. The molecule has 256 valence electrons. The smallest absolute Gasteiger partial charge is 0.430 e. The summed E-state index contributed by atoms with van der Waals surface area (Å²) in [5, 5.41) is 12.6. The molecule has 1 aromatic heterocycles. The molecule has 4 amide bonds. The van der Waals surface area contributed by atoms with E-state index in [1.165, 1.54) is 18.0 Å². The van der Waals surface area contributed by atoms with Crippen molar-refractivity contribution in [2.75, 3.05) is 31.1 Å². The number of nitrogens with zero attached hydrogens (tertiary/aromatic N) is 4. The zero-order chi connectivity index (χ0) is 34.7. The van der Waals surface area contributed by atoms with Gasteiger partial charge in [-0.05, 0) is 44.9 Å². The third-order valence-corrected chi connectivity index (χ3v) is 9.11. The van der Waals surface area contributed by atoms with Crippen molar-refractivity contribution in [2.45, 2.75) is 82.5 Å². The van der Waals surface area contributed by atoms with E-state index in [0.717, 1.165) is 22.6 Å². The molecule has 2 fully saturated rings. The molecule has 3 aliphatic rings. The molecule has 16 heteroatoms. The van der Waals surface area contributed by atoms with E-state index in [9.17, 15) is 45.8 Å². The largest absolute Gasteiger partial charge is 0.491 e. The van der Waals surface area contributed by atoms with E-state index in [1.807, 2.05) is 0 Å². The van der Waals surface area contributed by atoms with E-state index in [1.54, 1.807) is 31.7 Å². The van der Waals surface area contributed by atoms with Crippen LogP contribution >= 0.6 is 0 Å². The molecule has 1 unspecified atom stereocenters. The first kappa shape index (κ1) is 34.3. The molecule has 3 aliphatic heterocycles. The number of aliphatic hydroxyl groups is 1. The summed E-state index contributed by atoms with van der Waals surface area (Å²) in [6.45, 7) is 6.86. The van der Waals surface area contributed by atoms with Crippen LogP contribution in [0.3, 0.4) is 0 Å². The number of rotatable bonds is 7. The summed E-state index contributed by atoms with van der Waals surface area (Å²) in [6, 6.07) is 2.48. The maximum Gasteiger partial charge on any atom is 0.430 e. The van der Waals surface area contributed by atoms with Crippen molar-refractivity contribution in [3.63, 3.8) is 0 Å². The van der Waals surface area contributed by atoms with Crippen molar-refractivity contribution >= 4 is 23.5 Å². The number of ether oxygens (including phenoxy) is 1. The minimum atomic E-state index is -6.01. The van der Waals surface area contributed by atoms with Crippen molar-refractivity contribution in [3.05, 3.63) is 52.8 Å². The normalized spacial score (nSPS) is 23.6. The number of pyridine rings is 1. The van der Waals surface area contributed by atoms with Crippen LogP contribution in [0, 0.1) is 0 Å². The van der Waals surface area contributed by atoms with Crippen molar-refractivity contribution in [1.82, 2.24) is 20.1 Å². The number of carbonyl (C=O) groups excluding carboxylic acids is 3. The molecule has 10 nitrogen and oxygen atoms in total. The number of hydrogen-bond acceptors (Lipinski definition) is 7. The molecule has 0 radical (unpaired) electrons. The van der Waals surface area contributed by atoms with Crippen molar-refractivity contribution in [2.24, 2.45) is 0 Å². The number of urea groups is 1. The fourth-order valence-corrected chi connectivity index (χ4v) is 6.45. The van der Waals surface area contributed by atoms with Crippen molar-refractivity contribution in [3.8, 4) is 5.75 Å². The van der Waals surface area contributed by atoms with Crippen molar-refractivity contribution in [1.29, 1.82) is 0 Å². The van der Waals surface area contributed by atoms with Gasteiger partial charge in [-0.25, -0.2) is 4.79 Å². The number of piperazine rings is 1. The molecule has 47 heavy (non-hydrogen) atoms. The van der Waals surface area contributed by atoms with E-state index in [4.69, 9.17) is 4.74 Å².